The Hall–Kier alpha value is -1.96. The molecule has 0 aromatic heterocycles. The van der Waals surface area contributed by atoms with Crippen molar-refractivity contribution in [3.05, 3.63) is 59.7 Å². The average Bonchev–Trinajstić information content (AvgIpc) is 2.70. The summed E-state index contributed by atoms with van der Waals surface area (Å²) in [6.45, 7) is 6.43. The van der Waals surface area contributed by atoms with Gasteiger partial charge in [-0.1, -0.05) is 37.3 Å². The molecule has 104 valence electrons. The van der Waals surface area contributed by atoms with Crippen LogP contribution in [0.5, 0.6) is 5.75 Å². The molecule has 1 atom stereocenters. The van der Waals surface area contributed by atoms with Crippen molar-refractivity contribution >= 4 is 5.69 Å². The second kappa shape index (κ2) is 4.86. The summed E-state index contributed by atoms with van der Waals surface area (Å²) in [7, 11) is 0. The fraction of sp³-hybridized carbons (Fsp3) is 0.333. The lowest BCUT2D eigenvalue weighted by Gasteiger charge is -2.28. The van der Waals surface area contributed by atoms with Crippen molar-refractivity contribution in [3.8, 4) is 5.75 Å². The van der Waals surface area contributed by atoms with E-state index in [4.69, 9.17) is 4.74 Å². The number of para-hydroxylation sites is 1. The van der Waals surface area contributed by atoms with Gasteiger partial charge in [0.25, 0.3) is 0 Å². The van der Waals surface area contributed by atoms with Gasteiger partial charge in [0.15, 0.2) is 0 Å². The molecule has 0 saturated carbocycles. The first-order valence-corrected chi connectivity index (χ1v) is 7.23. The van der Waals surface area contributed by atoms with Crippen molar-refractivity contribution < 1.29 is 4.74 Å². The van der Waals surface area contributed by atoms with E-state index in [1.54, 1.807) is 0 Å². The Morgan fingerprint density at radius 2 is 1.75 bits per heavy atom. The highest BCUT2D eigenvalue weighted by Crippen LogP contribution is 2.44. The number of nitrogens with one attached hydrogen (secondary N) is 1. The first-order valence-electron chi connectivity index (χ1n) is 7.23. The van der Waals surface area contributed by atoms with E-state index in [2.05, 4.69) is 62.5 Å². The minimum Gasteiger partial charge on any atom is -0.485 e. The number of fused-ring (bicyclic) bond motifs is 1. The van der Waals surface area contributed by atoms with E-state index >= 15 is 0 Å². The Kier molecular flexibility index (Phi) is 3.17. The van der Waals surface area contributed by atoms with E-state index in [0.29, 0.717) is 0 Å². The van der Waals surface area contributed by atoms with Crippen LogP contribution < -0.4 is 10.1 Å². The zero-order chi connectivity index (χ0) is 14.2. The number of ether oxygens (including phenoxy) is 1. The molecule has 3 rings (SSSR count). The van der Waals surface area contributed by atoms with Crippen molar-refractivity contribution in [2.45, 2.75) is 38.8 Å². The summed E-state index contributed by atoms with van der Waals surface area (Å²) in [4.78, 5) is 0. The van der Waals surface area contributed by atoms with Gasteiger partial charge in [-0.2, -0.15) is 0 Å². The molecule has 2 aromatic carbocycles. The maximum absolute atomic E-state index is 6.06. The molecule has 0 amide bonds. The van der Waals surface area contributed by atoms with E-state index in [-0.39, 0.29) is 11.6 Å². The lowest BCUT2D eigenvalue weighted by molar-refractivity contribution is 0.118. The van der Waals surface area contributed by atoms with E-state index in [1.165, 1.54) is 11.1 Å². The number of hydrogen-bond acceptors (Lipinski definition) is 2. The zero-order valence-corrected chi connectivity index (χ0v) is 12.3. The molecule has 1 aliphatic heterocycles. The molecule has 1 heterocycles. The van der Waals surface area contributed by atoms with Crippen LogP contribution in [0.4, 0.5) is 5.69 Å². The van der Waals surface area contributed by atoms with Gasteiger partial charge in [-0.3, -0.25) is 0 Å². The Bertz CT molecular complexity index is 601. The summed E-state index contributed by atoms with van der Waals surface area (Å²) in [5, 5.41) is 3.61. The molecule has 1 aliphatic rings. The molecule has 0 fully saturated rings. The summed E-state index contributed by atoms with van der Waals surface area (Å²) < 4.78 is 6.06. The van der Waals surface area contributed by atoms with Crippen molar-refractivity contribution in [2.24, 2.45) is 0 Å². The average molecular weight is 267 g/mol. The monoisotopic (exact) mass is 267 g/mol. The number of aryl methyl sites for hydroxylation is 1. The summed E-state index contributed by atoms with van der Waals surface area (Å²) in [5.41, 5.74) is 3.49. The third-order valence-corrected chi connectivity index (χ3v) is 3.97. The summed E-state index contributed by atoms with van der Waals surface area (Å²) in [6, 6.07) is 17.1. The molecule has 1 N–H and O–H groups in total. The third-order valence-electron chi connectivity index (χ3n) is 3.97. The van der Waals surface area contributed by atoms with Gasteiger partial charge in [0.2, 0.25) is 0 Å². The highest BCUT2D eigenvalue weighted by molar-refractivity contribution is 5.52. The van der Waals surface area contributed by atoms with Gasteiger partial charge in [-0.05, 0) is 44.0 Å². The fourth-order valence-corrected chi connectivity index (χ4v) is 2.78. The lowest BCUT2D eigenvalue weighted by Crippen LogP contribution is -2.34. The summed E-state index contributed by atoms with van der Waals surface area (Å²) in [5.74, 6) is 0.986. The van der Waals surface area contributed by atoms with Gasteiger partial charge in [0.1, 0.15) is 11.4 Å². The van der Waals surface area contributed by atoms with Crippen LogP contribution in [0, 0.1) is 0 Å². The largest absolute Gasteiger partial charge is 0.485 e. The standard InChI is InChI=1S/C18H21NO/c1-4-13-9-11-14(12-10-13)19-17-15-7-5-6-8-16(15)20-18(17,2)3/h5-12,17,19H,4H2,1-3H3. The quantitative estimate of drug-likeness (QED) is 0.879. The second-order valence-electron chi connectivity index (χ2n) is 5.87. The Morgan fingerprint density at radius 3 is 2.45 bits per heavy atom. The number of hydrogen-bond donors (Lipinski definition) is 1. The van der Waals surface area contributed by atoms with E-state index in [1.807, 2.05) is 12.1 Å². The lowest BCUT2D eigenvalue weighted by atomic mass is 9.94. The highest BCUT2D eigenvalue weighted by atomic mass is 16.5. The minimum absolute atomic E-state index is 0.172. The zero-order valence-electron chi connectivity index (χ0n) is 12.3. The smallest absolute Gasteiger partial charge is 0.128 e. The maximum Gasteiger partial charge on any atom is 0.128 e. The van der Waals surface area contributed by atoms with Crippen LogP contribution in [0.15, 0.2) is 48.5 Å². The molecule has 2 nitrogen and oxygen atoms in total. The topological polar surface area (TPSA) is 21.3 Å². The molecule has 0 aliphatic carbocycles. The molecular weight excluding hydrogens is 246 g/mol. The summed E-state index contributed by atoms with van der Waals surface area (Å²) in [6.07, 6.45) is 1.07. The van der Waals surface area contributed by atoms with Crippen LogP contribution in [-0.4, -0.2) is 5.60 Å². The van der Waals surface area contributed by atoms with Crippen molar-refractivity contribution in [2.75, 3.05) is 5.32 Å². The number of rotatable bonds is 3. The van der Waals surface area contributed by atoms with Gasteiger partial charge in [0, 0.05) is 11.3 Å². The minimum atomic E-state index is -0.243. The molecule has 0 bridgehead atoms. The van der Waals surface area contributed by atoms with Crippen LogP contribution in [0.1, 0.15) is 37.9 Å². The van der Waals surface area contributed by atoms with Gasteiger partial charge in [-0.25, -0.2) is 0 Å². The first kappa shape index (κ1) is 13.0. The van der Waals surface area contributed by atoms with Gasteiger partial charge in [0.05, 0.1) is 6.04 Å². The van der Waals surface area contributed by atoms with Crippen LogP contribution in [0.2, 0.25) is 0 Å². The number of benzene rings is 2. The van der Waals surface area contributed by atoms with Crippen LogP contribution in [0.25, 0.3) is 0 Å². The SMILES string of the molecule is CCc1ccc(NC2c3ccccc3OC2(C)C)cc1. The molecule has 20 heavy (non-hydrogen) atoms. The highest BCUT2D eigenvalue weighted by Gasteiger charge is 2.40. The maximum atomic E-state index is 6.06. The van der Waals surface area contributed by atoms with E-state index in [9.17, 15) is 0 Å². The van der Waals surface area contributed by atoms with Crippen LogP contribution in [-0.2, 0) is 6.42 Å². The molecule has 0 radical (unpaired) electrons. The van der Waals surface area contributed by atoms with Crippen molar-refractivity contribution in [3.63, 3.8) is 0 Å². The molecule has 2 aromatic rings. The van der Waals surface area contributed by atoms with Crippen molar-refractivity contribution in [1.29, 1.82) is 0 Å². The summed E-state index contributed by atoms with van der Waals surface area (Å²) >= 11 is 0. The van der Waals surface area contributed by atoms with Crippen LogP contribution in [0.3, 0.4) is 0 Å². The molecule has 0 saturated heterocycles. The van der Waals surface area contributed by atoms with E-state index < -0.39 is 0 Å². The molecular formula is C18H21NO. The Morgan fingerprint density at radius 1 is 1.05 bits per heavy atom. The predicted octanol–water partition coefficient (Wildman–Crippen LogP) is 4.57. The van der Waals surface area contributed by atoms with Crippen LogP contribution >= 0.6 is 0 Å². The molecule has 0 spiro atoms. The van der Waals surface area contributed by atoms with Gasteiger partial charge < -0.3 is 10.1 Å². The predicted molar refractivity (Wildman–Crippen MR) is 83.3 cm³/mol. The second-order valence-corrected chi connectivity index (χ2v) is 5.87. The van der Waals surface area contributed by atoms with Crippen molar-refractivity contribution in [1.82, 2.24) is 0 Å². The molecule has 2 heteroatoms. The number of anilines is 1. The normalized spacial score (nSPS) is 19.2. The third kappa shape index (κ3) is 2.26. The van der Waals surface area contributed by atoms with Gasteiger partial charge in [-0.15, -0.1) is 0 Å². The Labute approximate surface area is 120 Å². The fourth-order valence-electron chi connectivity index (χ4n) is 2.78. The van der Waals surface area contributed by atoms with Gasteiger partial charge >= 0.3 is 0 Å². The molecule has 1 unspecified atom stereocenters. The first-order chi connectivity index (χ1) is 9.60. The van der Waals surface area contributed by atoms with E-state index in [0.717, 1.165) is 17.9 Å². The Balaban J connectivity index is 1.88.